The number of carboxylic acid groups (broad SMARTS) is 1. The molecule has 0 heterocycles. The third-order valence-corrected chi connectivity index (χ3v) is 2.41. The number of ether oxygens (including phenoxy) is 1. The predicted octanol–water partition coefficient (Wildman–Crippen LogP) is 0.687. The second-order valence-electron chi connectivity index (χ2n) is 4.25. The van der Waals surface area contributed by atoms with Crippen LogP contribution >= 0.6 is 0 Å². The lowest BCUT2D eigenvalue weighted by atomic mass is 10.1. The van der Waals surface area contributed by atoms with E-state index in [0.29, 0.717) is 0 Å². The molecular formula is C13H16NO4-. The summed E-state index contributed by atoms with van der Waals surface area (Å²) in [5.74, 6) is -1.58. The zero-order valence-corrected chi connectivity index (χ0v) is 10.4. The molecule has 0 unspecified atom stereocenters. The number of benzene rings is 1. The van der Waals surface area contributed by atoms with Gasteiger partial charge < -0.3 is 20.0 Å². The maximum Gasteiger partial charge on any atom is 0.408 e. The highest BCUT2D eigenvalue weighted by molar-refractivity contribution is 5.78. The van der Waals surface area contributed by atoms with Crippen LogP contribution in [0.4, 0.5) is 4.79 Å². The van der Waals surface area contributed by atoms with E-state index in [2.05, 4.69) is 5.32 Å². The molecule has 0 aromatic heterocycles. The van der Waals surface area contributed by atoms with Crippen LogP contribution in [0.1, 0.15) is 19.4 Å². The first kappa shape index (κ1) is 14.0. The van der Waals surface area contributed by atoms with Gasteiger partial charge in [-0.05, 0) is 11.5 Å². The number of rotatable bonds is 5. The summed E-state index contributed by atoms with van der Waals surface area (Å²) >= 11 is 0. The Bertz CT molecular complexity index is 403. The van der Waals surface area contributed by atoms with E-state index in [4.69, 9.17) is 4.74 Å². The highest BCUT2D eigenvalue weighted by Crippen LogP contribution is 2.03. The summed E-state index contributed by atoms with van der Waals surface area (Å²) < 4.78 is 4.92. The topological polar surface area (TPSA) is 78.5 Å². The number of carbonyl (C=O) groups is 2. The van der Waals surface area contributed by atoms with E-state index in [1.807, 2.05) is 30.3 Å². The maximum atomic E-state index is 11.4. The van der Waals surface area contributed by atoms with Gasteiger partial charge in [0.2, 0.25) is 0 Å². The first-order valence-corrected chi connectivity index (χ1v) is 5.68. The Labute approximate surface area is 106 Å². The molecular weight excluding hydrogens is 234 g/mol. The van der Waals surface area contributed by atoms with Gasteiger partial charge in [-0.25, -0.2) is 4.79 Å². The van der Waals surface area contributed by atoms with E-state index in [1.54, 1.807) is 13.8 Å². The molecule has 1 rings (SSSR count). The summed E-state index contributed by atoms with van der Waals surface area (Å²) in [7, 11) is 0. The Kier molecular flexibility index (Phi) is 5.17. The Hall–Kier alpha value is -2.04. The highest BCUT2D eigenvalue weighted by atomic mass is 16.5. The largest absolute Gasteiger partial charge is 0.548 e. The molecule has 1 amide bonds. The number of aliphatic carboxylic acids is 1. The number of hydrogen-bond acceptors (Lipinski definition) is 4. The van der Waals surface area contributed by atoms with Gasteiger partial charge in [-0.3, -0.25) is 0 Å². The van der Waals surface area contributed by atoms with Crippen LogP contribution in [0.2, 0.25) is 0 Å². The molecule has 98 valence electrons. The van der Waals surface area contributed by atoms with Gasteiger partial charge in [-0.2, -0.15) is 0 Å². The van der Waals surface area contributed by atoms with Crippen molar-refractivity contribution in [2.24, 2.45) is 5.92 Å². The second kappa shape index (κ2) is 6.64. The predicted molar refractivity (Wildman–Crippen MR) is 63.4 cm³/mol. The molecule has 0 spiro atoms. The zero-order valence-electron chi connectivity index (χ0n) is 10.4. The van der Waals surface area contributed by atoms with E-state index in [9.17, 15) is 14.7 Å². The molecule has 1 N–H and O–H groups in total. The van der Waals surface area contributed by atoms with Crippen molar-refractivity contribution in [1.82, 2.24) is 5.32 Å². The van der Waals surface area contributed by atoms with E-state index in [0.717, 1.165) is 5.56 Å². The molecule has 1 aromatic carbocycles. The minimum atomic E-state index is -1.32. The summed E-state index contributed by atoms with van der Waals surface area (Å²) in [5.41, 5.74) is 0.835. The molecule has 0 aliphatic heterocycles. The summed E-state index contributed by atoms with van der Waals surface area (Å²) in [6.45, 7) is 3.46. The molecule has 0 saturated heterocycles. The summed E-state index contributed by atoms with van der Waals surface area (Å²) in [4.78, 5) is 22.2. The van der Waals surface area contributed by atoms with Gasteiger partial charge in [0.15, 0.2) is 0 Å². The molecule has 5 nitrogen and oxygen atoms in total. The van der Waals surface area contributed by atoms with Crippen molar-refractivity contribution >= 4 is 12.1 Å². The maximum absolute atomic E-state index is 11.4. The van der Waals surface area contributed by atoms with Gasteiger partial charge in [-0.15, -0.1) is 0 Å². The third kappa shape index (κ3) is 4.45. The van der Waals surface area contributed by atoms with E-state index in [1.165, 1.54) is 0 Å². The van der Waals surface area contributed by atoms with Gasteiger partial charge in [0.1, 0.15) is 6.61 Å². The number of amides is 1. The fraction of sp³-hybridized carbons (Fsp3) is 0.385. The molecule has 0 fully saturated rings. The molecule has 0 aliphatic rings. The molecule has 0 radical (unpaired) electrons. The van der Waals surface area contributed by atoms with Crippen molar-refractivity contribution in [3.8, 4) is 0 Å². The number of nitrogens with one attached hydrogen (secondary N) is 1. The lowest BCUT2D eigenvalue weighted by Gasteiger charge is -2.22. The molecule has 18 heavy (non-hydrogen) atoms. The van der Waals surface area contributed by atoms with Crippen LogP contribution in [0.25, 0.3) is 0 Å². The van der Waals surface area contributed by atoms with Gasteiger partial charge in [-0.1, -0.05) is 44.2 Å². The minimum absolute atomic E-state index is 0.102. The Balaban J connectivity index is 2.44. The van der Waals surface area contributed by atoms with Gasteiger partial charge in [0, 0.05) is 0 Å². The summed E-state index contributed by atoms with van der Waals surface area (Å²) in [5, 5.41) is 13.0. The van der Waals surface area contributed by atoms with Crippen LogP contribution in [0.3, 0.4) is 0 Å². The van der Waals surface area contributed by atoms with Crippen molar-refractivity contribution < 1.29 is 19.4 Å². The van der Waals surface area contributed by atoms with Gasteiger partial charge in [0.05, 0.1) is 12.0 Å². The van der Waals surface area contributed by atoms with Crippen LogP contribution in [0, 0.1) is 5.92 Å². The smallest absolute Gasteiger partial charge is 0.408 e. The third-order valence-electron chi connectivity index (χ3n) is 2.41. The minimum Gasteiger partial charge on any atom is -0.548 e. The van der Waals surface area contributed by atoms with Crippen molar-refractivity contribution in [1.29, 1.82) is 0 Å². The molecule has 1 atom stereocenters. The summed E-state index contributed by atoms with van der Waals surface area (Å²) in [6, 6.07) is 8.09. The lowest BCUT2D eigenvalue weighted by Crippen LogP contribution is -2.50. The zero-order chi connectivity index (χ0) is 13.5. The molecule has 0 aliphatic carbocycles. The quantitative estimate of drug-likeness (QED) is 0.833. The number of carbonyl (C=O) groups excluding carboxylic acids is 2. The average Bonchev–Trinajstić information content (AvgIpc) is 2.34. The van der Waals surface area contributed by atoms with Crippen LogP contribution < -0.4 is 10.4 Å². The normalized spacial score (nSPS) is 11.9. The average molecular weight is 250 g/mol. The Morgan fingerprint density at radius 2 is 1.89 bits per heavy atom. The van der Waals surface area contributed by atoms with Crippen molar-refractivity contribution in [2.45, 2.75) is 26.5 Å². The fourth-order valence-corrected chi connectivity index (χ4v) is 1.39. The first-order chi connectivity index (χ1) is 8.50. The number of hydrogen-bond donors (Lipinski definition) is 1. The molecule has 1 aromatic rings. The van der Waals surface area contributed by atoms with E-state index >= 15 is 0 Å². The standard InChI is InChI=1S/C13H17NO4/c1-9(2)11(12(15)16)14-13(17)18-8-10-6-4-3-5-7-10/h3-7,9,11H,8H2,1-2H3,(H,14,17)(H,15,16)/p-1/t11-/m0/s1. The Morgan fingerprint density at radius 1 is 1.28 bits per heavy atom. The van der Waals surface area contributed by atoms with Crippen molar-refractivity contribution in [2.75, 3.05) is 0 Å². The lowest BCUT2D eigenvalue weighted by molar-refractivity contribution is -0.309. The first-order valence-electron chi connectivity index (χ1n) is 5.68. The van der Waals surface area contributed by atoms with Crippen molar-refractivity contribution in [3.63, 3.8) is 0 Å². The highest BCUT2D eigenvalue weighted by Gasteiger charge is 2.17. The molecule has 0 saturated carbocycles. The van der Waals surface area contributed by atoms with E-state index < -0.39 is 18.1 Å². The van der Waals surface area contributed by atoms with Crippen LogP contribution in [-0.2, 0) is 16.1 Å². The van der Waals surface area contributed by atoms with E-state index in [-0.39, 0.29) is 12.5 Å². The molecule has 5 heteroatoms. The Morgan fingerprint density at radius 3 is 2.39 bits per heavy atom. The monoisotopic (exact) mass is 250 g/mol. The fourth-order valence-electron chi connectivity index (χ4n) is 1.39. The van der Waals surface area contributed by atoms with Crippen LogP contribution in [0.5, 0.6) is 0 Å². The van der Waals surface area contributed by atoms with Crippen LogP contribution in [0.15, 0.2) is 30.3 Å². The van der Waals surface area contributed by atoms with Crippen molar-refractivity contribution in [3.05, 3.63) is 35.9 Å². The van der Waals surface area contributed by atoms with Gasteiger partial charge >= 0.3 is 6.09 Å². The number of carboxylic acids is 1. The second-order valence-corrected chi connectivity index (χ2v) is 4.25. The summed E-state index contributed by atoms with van der Waals surface area (Å²) in [6.07, 6.45) is -0.762. The van der Waals surface area contributed by atoms with Gasteiger partial charge in [0.25, 0.3) is 0 Å². The number of alkyl carbamates (subject to hydrolysis) is 1. The molecule has 0 bridgehead atoms. The van der Waals surface area contributed by atoms with Crippen LogP contribution in [-0.4, -0.2) is 18.1 Å². The SMILES string of the molecule is CC(C)[C@H](NC(=O)OCc1ccccc1)C(=O)[O-].